The highest BCUT2D eigenvalue weighted by molar-refractivity contribution is 5.92. The molecule has 1 heterocycles. The Hall–Kier alpha value is -1.62. The Labute approximate surface area is 126 Å². The van der Waals surface area contributed by atoms with Gasteiger partial charge in [0.2, 0.25) is 0 Å². The minimum absolute atomic E-state index is 0.162. The first kappa shape index (κ1) is 17.4. The van der Waals surface area contributed by atoms with Crippen molar-refractivity contribution in [1.29, 1.82) is 0 Å². The third-order valence-electron chi connectivity index (χ3n) is 3.02. The van der Waals surface area contributed by atoms with E-state index in [1.54, 1.807) is 6.07 Å². The van der Waals surface area contributed by atoms with Crippen molar-refractivity contribution in [2.45, 2.75) is 53.1 Å². The Morgan fingerprint density at radius 3 is 2.33 bits per heavy atom. The maximum Gasteiger partial charge on any atom is 0.185 e. The van der Waals surface area contributed by atoms with Gasteiger partial charge in [-0.1, -0.05) is 26.7 Å². The van der Waals surface area contributed by atoms with Crippen LogP contribution in [-0.2, 0) is 6.61 Å². The van der Waals surface area contributed by atoms with Crippen LogP contribution in [0.5, 0.6) is 11.5 Å². The fraction of sp³-hybridized carbons (Fsp3) is 0.625. The number of hydrogen-bond acceptors (Lipinski definition) is 5. The molecule has 0 saturated heterocycles. The van der Waals surface area contributed by atoms with Gasteiger partial charge in [-0.05, 0) is 12.8 Å². The number of pyridine rings is 1. The van der Waals surface area contributed by atoms with Gasteiger partial charge >= 0.3 is 0 Å². The first-order valence-electron chi connectivity index (χ1n) is 7.55. The minimum atomic E-state index is -0.285. The van der Waals surface area contributed by atoms with Crippen molar-refractivity contribution in [2.24, 2.45) is 0 Å². The molecule has 0 aliphatic carbocycles. The fourth-order valence-corrected chi connectivity index (χ4v) is 1.75. The van der Waals surface area contributed by atoms with E-state index >= 15 is 0 Å². The Morgan fingerprint density at radius 2 is 1.81 bits per heavy atom. The van der Waals surface area contributed by atoms with Crippen molar-refractivity contribution in [3.63, 3.8) is 0 Å². The average Bonchev–Trinajstić information content (AvgIpc) is 2.48. The van der Waals surface area contributed by atoms with Crippen LogP contribution in [0.4, 0.5) is 0 Å². The Balaban J connectivity index is 3.05. The number of unbranched alkanes of at least 4 members (excludes halogenated alkanes) is 2. The predicted molar refractivity (Wildman–Crippen MR) is 81.0 cm³/mol. The Kier molecular flexibility index (Phi) is 7.75. The number of aliphatic hydroxyl groups excluding tert-OH is 1. The standard InChI is InChI=1S/C16H25NO4/c1-4-6-8-20-15-10-13(12(3)19)17-14(11-18)16(15)21-9-7-5-2/h10,18H,4-9,11H2,1-3H3. The molecule has 0 unspecified atom stereocenters. The number of aromatic nitrogens is 1. The topological polar surface area (TPSA) is 68.7 Å². The lowest BCUT2D eigenvalue weighted by molar-refractivity contribution is 0.101. The van der Waals surface area contributed by atoms with Crippen LogP contribution in [0, 0.1) is 0 Å². The van der Waals surface area contributed by atoms with E-state index in [1.165, 1.54) is 6.92 Å². The van der Waals surface area contributed by atoms with E-state index in [0.29, 0.717) is 30.4 Å². The summed E-state index contributed by atoms with van der Waals surface area (Å²) in [6, 6.07) is 1.60. The summed E-state index contributed by atoms with van der Waals surface area (Å²) in [5, 5.41) is 9.47. The molecule has 0 bridgehead atoms. The second-order valence-corrected chi connectivity index (χ2v) is 4.90. The van der Waals surface area contributed by atoms with Crippen LogP contribution < -0.4 is 9.47 Å². The molecule has 0 amide bonds. The number of ether oxygens (including phenoxy) is 2. The first-order chi connectivity index (χ1) is 10.1. The quantitative estimate of drug-likeness (QED) is 0.530. The van der Waals surface area contributed by atoms with Crippen molar-refractivity contribution in [3.8, 4) is 11.5 Å². The molecule has 0 saturated carbocycles. The van der Waals surface area contributed by atoms with Gasteiger partial charge in [0.1, 0.15) is 11.4 Å². The number of ketones is 1. The van der Waals surface area contributed by atoms with Crippen molar-refractivity contribution in [3.05, 3.63) is 17.5 Å². The number of nitrogens with zero attached hydrogens (tertiary/aromatic N) is 1. The Morgan fingerprint density at radius 1 is 1.19 bits per heavy atom. The van der Waals surface area contributed by atoms with Crippen molar-refractivity contribution < 1.29 is 19.4 Å². The van der Waals surface area contributed by atoms with Gasteiger partial charge in [0, 0.05) is 13.0 Å². The van der Waals surface area contributed by atoms with E-state index in [2.05, 4.69) is 18.8 Å². The van der Waals surface area contributed by atoms with Gasteiger partial charge in [-0.15, -0.1) is 0 Å². The van der Waals surface area contributed by atoms with Gasteiger partial charge < -0.3 is 14.6 Å². The number of carbonyl (C=O) groups is 1. The molecule has 0 aromatic carbocycles. The molecule has 0 atom stereocenters. The van der Waals surface area contributed by atoms with Crippen LogP contribution in [0.2, 0.25) is 0 Å². The third-order valence-corrected chi connectivity index (χ3v) is 3.02. The van der Waals surface area contributed by atoms with Gasteiger partial charge in [-0.2, -0.15) is 0 Å². The Bertz CT molecular complexity index is 460. The third kappa shape index (κ3) is 5.34. The zero-order valence-electron chi connectivity index (χ0n) is 13.1. The summed E-state index contributed by atoms with van der Waals surface area (Å²) in [7, 11) is 0. The van der Waals surface area contributed by atoms with E-state index in [0.717, 1.165) is 25.7 Å². The summed E-state index contributed by atoms with van der Waals surface area (Å²) >= 11 is 0. The maximum atomic E-state index is 11.5. The van der Waals surface area contributed by atoms with E-state index in [-0.39, 0.29) is 18.1 Å². The predicted octanol–water partition coefficient (Wildman–Crippen LogP) is 3.13. The van der Waals surface area contributed by atoms with Gasteiger partial charge in [0.25, 0.3) is 0 Å². The van der Waals surface area contributed by atoms with Crippen LogP contribution >= 0.6 is 0 Å². The molecule has 1 aromatic rings. The van der Waals surface area contributed by atoms with E-state index in [4.69, 9.17) is 9.47 Å². The van der Waals surface area contributed by atoms with Gasteiger partial charge in [0.15, 0.2) is 17.3 Å². The molecular formula is C16H25NO4. The van der Waals surface area contributed by atoms with Gasteiger partial charge in [-0.25, -0.2) is 4.98 Å². The summed E-state index contributed by atoms with van der Waals surface area (Å²) in [6.45, 7) is 6.39. The molecule has 21 heavy (non-hydrogen) atoms. The molecule has 0 aliphatic rings. The smallest absolute Gasteiger partial charge is 0.185 e. The van der Waals surface area contributed by atoms with Crippen molar-refractivity contribution in [1.82, 2.24) is 4.98 Å². The monoisotopic (exact) mass is 295 g/mol. The highest BCUT2D eigenvalue weighted by Crippen LogP contribution is 2.32. The lowest BCUT2D eigenvalue weighted by Crippen LogP contribution is -2.09. The zero-order chi connectivity index (χ0) is 15.7. The summed E-state index contributed by atoms with van der Waals surface area (Å²) < 4.78 is 11.4. The molecule has 0 radical (unpaired) electrons. The van der Waals surface area contributed by atoms with Crippen molar-refractivity contribution >= 4 is 5.78 Å². The largest absolute Gasteiger partial charge is 0.490 e. The van der Waals surface area contributed by atoms with Crippen molar-refractivity contribution in [2.75, 3.05) is 13.2 Å². The highest BCUT2D eigenvalue weighted by Gasteiger charge is 2.17. The van der Waals surface area contributed by atoms with Gasteiger partial charge in [-0.3, -0.25) is 4.79 Å². The molecular weight excluding hydrogens is 270 g/mol. The minimum Gasteiger partial charge on any atom is -0.490 e. The second-order valence-electron chi connectivity index (χ2n) is 4.90. The molecule has 0 spiro atoms. The average molecular weight is 295 g/mol. The number of hydrogen-bond donors (Lipinski definition) is 1. The summed E-state index contributed by atoms with van der Waals surface area (Å²) in [6.07, 6.45) is 3.86. The van der Waals surface area contributed by atoms with Crippen LogP contribution in [0.25, 0.3) is 0 Å². The normalized spacial score (nSPS) is 10.5. The van der Waals surface area contributed by atoms with E-state index in [1.807, 2.05) is 0 Å². The highest BCUT2D eigenvalue weighted by atomic mass is 16.5. The SMILES string of the molecule is CCCCOc1cc(C(C)=O)nc(CO)c1OCCCC. The maximum absolute atomic E-state index is 11.5. The number of Topliss-reactive ketones (excluding diaryl/α,β-unsaturated/α-hetero) is 1. The molecule has 0 aliphatic heterocycles. The van der Waals surface area contributed by atoms with Crippen LogP contribution in [-0.4, -0.2) is 29.1 Å². The summed E-state index contributed by atoms with van der Waals surface area (Å²) in [5.41, 5.74) is 0.638. The first-order valence-corrected chi connectivity index (χ1v) is 7.55. The molecule has 118 valence electrons. The van der Waals surface area contributed by atoms with Crippen LogP contribution in [0.15, 0.2) is 6.07 Å². The van der Waals surface area contributed by atoms with Crippen LogP contribution in [0.3, 0.4) is 0 Å². The second kappa shape index (κ2) is 9.34. The summed E-state index contributed by atoms with van der Waals surface area (Å²) in [5.74, 6) is 0.779. The summed E-state index contributed by atoms with van der Waals surface area (Å²) in [4.78, 5) is 15.7. The van der Waals surface area contributed by atoms with E-state index in [9.17, 15) is 9.90 Å². The van der Waals surface area contributed by atoms with Crippen LogP contribution in [0.1, 0.15) is 62.6 Å². The lowest BCUT2D eigenvalue weighted by Gasteiger charge is -2.16. The number of carbonyl (C=O) groups excluding carboxylic acids is 1. The molecule has 1 N–H and O–H groups in total. The molecule has 0 fully saturated rings. The van der Waals surface area contributed by atoms with Gasteiger partial charge in [0.05, 0.1) is 19.8 Å². The lowest BCUT2D eigenvalue weighted by atomic mass is 10.2. The zero-order valence-corrected chi connectivity index (χ0v) is 13.1. The number of aliphatic hydroxyl groups is 1. The van der Waals surface area contributed by atoms with E-state index < -0.39 is 0 Å². The molecule has 5 heteroatoms. The number of rotatable bonds is 10. The fourth-order valence-electron chi connectivity index (χ4n) is 1.75. The molecule has 5 nitrogen and oxygen atoms in total. The molecule has 1 aromatic heterocycles. The molecule has 1 rings (SSSR count).